The van der Waals surface area contributed by atoms with Crippen molar-refractivity contribution in [1.29, 1.82) is 0 Å². The molecule has 1 aromatic carbocycles. The topological polar surface area (TPSA) is 77.8 Å². The third kappa shape index (κ3) is 3.83. The summed E-state index contributed by atoms with van der Waals surface area (Å²) >= 11 is 0. The average molecular weight is 319 g/mol. The Balaban J connectivity index is 2.11. The number of ether oxygens (including phenoxy) is 2. The van der Waals surface area contributed by atoms with Crippen LogP contribution in [0.3, 0.4) is 0 Å². The number of hydrogen-bond donors (Lipinski definition) is 1. The van der Waals surface area contributed by atoms with Gasteiger partial charge in [-0.2, -0.15) is 0 Å². The lowest BCUT2D eigenvalue weighted by Crippen LogP contribution is -2.27. The molecule has 0 unspecified atom stereocenters. The lowest BCUT2D eigenvalue weighted by atomic mass is 10.1. The van der Waals surface area contributed by atoms with Gasteiger partial charge in [-0.05, 0) is 32.0 Å². The summed E-state index contributed by atoms with van der Waals surface area (Å²) in [5.74, 6) is 0.822. The third-order valence-corrected chi connectivity index (χ3v) is 3.73. The zero-order chi connectivity index (χ0) is 17.0. The number of fused-ring (bicyclic) bond motifs is 1. The van der Waals surface area contributed by atoms with Crippen molar-refractivity contribution in [2.24, 2.45) is 0 Å². The van der Waals surface area contributed by atoms with Gasteiger partial charge in [-0.25, -0.2) is 0 Å². The van der Waals surface area contributed by atoms with Crippen molar-refractivity contribution >= 4 is 22.8 Å². The summed E-state index contributed by atoms with van der Waals surface area (Å²) in [5.41, 5.74) is 1.70. The lowest BCUT2D eigenvalue weighted by molar-refractivity contribution is -0.142. The number of hydrogen-bond acceptors (Lipinski definition) is 5. The summed E-state index contributed by atoms with van der Waals surface area (Å²) in [7, 11) is 2.91. The SMILES string of the molecule is COC(=O)CCC(=O)N[C@@H](C)c1oc2ccc(OC)cc2c1C. The number of aryl methyl sites for hydroxylation is 1. The zero-order valence-electron chi connectivity index (χ0n) is 13.8. The molecule has 1 heterocycles. The molecule has 2 rings (SSSR count). The van der Waals surface area contributed by atoms with Crippen LogP contribution in [0.4, 0.5) is 0 Å². The van der Waals surface area contributed by atoms with E-state index >= 15 is 0 Å². The molecule has 6 nitrogen and oxygen atoms in total. The molecule has 124 valence electrons. The molecule has 0 aliphatic heterocycles. The Bertz CT molecular complexity index is 719. The zero-order valence-corrected chi connectivity index (χ0v) is 13.8. The Kier molecular flexibility index (Phi) is 5.26. The molecule has 1 aromatic heterocycles. The van der Waals surface area contributed by atoms with Crippen LogP contribution in [0.25, 0.3) is 11.0 Å². The molecule has 2 aromatic rings. The molecule has 6 heteroatoms. The van der Waals surface area contributed by atoms with Gasteiger partial charge in [0.15, 0.2) is 0 Å². The molecule has 0 saturated heterocycles. The second-order valence-electron chi connectivity index (χ2n) is 5.32. The maximum absolute atomic E-state index is 11.9. The van der Waals surface area contributed by atoms with E-state index in [1.165, 1.54) is 7.11 Å². The van der Waals surface area contributed by atoms with E-state index in [1.54, 1.807) is 7.11 Å². The van der Waals surface area contributed by atoms with E-state index in [0.717, 1.165) is 22.3 Å². The van der Waals surface area contributed by atoms with Gasteiger partial charge in [-0.15, -0.1) is 0 Å². The van der Waals surface area contributed by atoms with Gasteiger partial charge in [-0.3, -0.25) is 9.59 Å². The highest BCUT2D eigenvalue weighted by atomic mass is 16.5. The second-order valence-corrected chi connectivity index (χ2v) is 5.32. The maximum Gasteiger partial charge on any atom is 0.306 e. The first-order valence-corrected chi connectivity index (χ1v) is 7.39. The van der Waals surface area contributed by atoms with Crippen molar-refractivity contribution in [3.05, 3.63) is 29.5 Å². The van der Waals surface area contributed by atoms with Crippen LogP contribution < -0.4 is 10.1 Å². The van der Waals surface area contributed by atoms with Gasteiger partial charge in [0.1, 0.15) is 17.1 Å². The molecule has 1 amide bonds. The summed E-state index contributed by atoms with van der Waals surface area (Å²) in [6.45, 7) is 3.79. The number of methoxy groups -OCH3 is 2. The molecule has 0 fully saturated rings. The van der Waals surface area contributed by atoms with Crippen LogP contribution in [0, 0.1) is 6.92 Å². The molecule has 0 aliphatic rings. The molecule has 23 heavy (non-hydrogen) atoms. The largest absolute Gasteiger partial charge is 0.497 e. The first kappa shape index (κ1) is 16.9. The minimum atomic E-state index is -0.403. The lowest BCUT2D eigenvalue weighted by Gasteiger charge is -2.12. The molecule has 0 spiro atoms. The van der Waals surface area contributed by atoms with Crippen molar-refractivity contribution < 1.29 is 23.5 Å². The Morgan fingerprint density at radius 2 is 2.00 bits per heavy atom. The monoisotopic (exact) mass is 319 g/mol. The van der Waals surface area contributed by atoms with Gasteiger partial charge >= 0.3 is 5.97 Å². The minimum absolute atomic E-state index is 0.0609. The van der Waals surface area contributed by atoms with E-state index < -0.39 is 5.97 Å². The highest BCUT2D eigenvalue weighted by Crippen LogP contribution is 2.31. The van der Waals surface area contributed by atoms with E-state index in [4.69, 9.17) is 9.15 Å². The van der Waals surface area contributed by atoms with Crippen LogP contribution in [0.1, 0.15) is 37.1 Å². The predicted molar refractivity (Wildman–Crippen MR) is 85.3 cm³/mol. The smallest absolute Gasteiger partial charge is 0.306 e. The van der Waals surface area contributed by atoms with Crippen LogP contribution in [-0.4, -0.2) is 26.1 Å². The first-order chi connectivity index (χ1) is 11.0. The molecule has 0 aliphatic carbocycles. The predicted octanol–water partition coefficient (Wildman–Crippen LogP) is 2.88. The molecule has 0 radical (unpaired) electrons. The Morgan fingerprint density at radius 1 is 1.26 bits per heavy atom. The summed E-state index contributed by atoms with van der Waals surface area (Å²) in [6, 6.07) is 5.28. The van der Waals surface area contributed by atoms with Crippen LogP contribution in [0.2, 0.25) is 0 Å². The number of benzene rings is 1. The number of esters is 1. The summed E-state index contributed by atoms with van der Waals surface area (Å²) < 4.78 is 15.6. The fourth-order valence-corrected chi connectivity index (χ4v) is 2.46. The number of amides is 1. The minimum Gasteiger partial charge on any atom is -0.497 e. The van der Waals surface area contributed by atoms with Crippen molar-refractivity contribution in [3.8, 4) is 5.75 Å². The van der Waals surface area contributed by atoms with E-state index in [0.29, 0.717) is 5.76 Å². The van der Waals surface area contributed by atoms with Crippen LogP contribution in [0.15, 0.2) is 22.6 Å². The van der Waals surface area contributed by atoms with Crippen LogP contribution in [0.5, 0.6) is 5.75 Å². The molecule has 0 bridgehead atoms. The normalized spacial score (nSPS) is 12.0. The number of furan rings is 1. The van der Waals surface area contributed by atoms with Gasteiger partial charge in [0, 0.05) is 17.4 Å². The van der Waals surface area contributed by atoms with Crippen molar-refractivity contribution in [2.45, 2.75) is 32.7 Å². The van der Waals surface area contributed by atoms with Gasteiger partial charge in [0.05, 0.1) is 26.7 Å². The van der Waals surface area contributed by atoms with E-state index in [2.05, 4.69) is 10.1 Å². The molecule has 1 atom stereocenters. The number of carbonyl (C=O) groups is 2. The van der Waals surface area contributed by atoms with Crippen LogP contribution in [-0.2, 0) is 14.3 Å². The highest BCUT2D eigenvalue weighted by Gasteiger charge is 2.19. The first-order valence-electron chi connectivity index (χ1n) is 7.39. The molecule has 0 saturated carbocycles. The maximum atomic E-state index is 11.9. The average Bonchev–Trinajstić information content (AvgIpc) is 2.89. The van der Waals surface area contributed by atoms with Crippen molar-refractivity contribution in [3.63, 3.8) is 0 Å². The standard InChI is InChI=1S/C17H21NO5/c1-10-13-9-12(21-3)5-6-14(13)23-17(10)11(2)18-15(19)7-8-16(20)22-4/h5-6,9,11H,7-8H2,1-4H3,(H,18,19)/t11-/m0/s1. The Morgan fingerprint density at radius 3 is 2.65 bits per heavy atom. The summed E-state index contributed by atoms with van der Waals surface area (Å²) in [6.07, 6.45) is 0.148. The van der Waals surface area contributed by atoms with Gasteiger partial charge in [0.2, 0.25) is 5.91 Å². The van der Waals surface area contributed by atoms with Crippen molar-refractivity contribution in [1.82, 2.24) is 5.32 Å². The van der Waals surface area contributed by atoms with Gasteiger partial charge in [-0.1, -0.05) is 0 Å². The fourth-order valence-electron chi connectivity index (χ4n) is 2.46. The van der Waals surface area contributed by atoms with E-state index in [-0.39, 0.29) is 24.8 Å². The number of rotatable bonds is 6. The summed E-state index contributed by atoms with van der Waals surface area (Å²) in [5, 5.41) is 3.79. The molecular weight excluding hydrogens is 298 g/mol. The number of carbonyl (C=O) groups excluding carboxylic acids is 2. The number of nitrogens with one attached hydrogen (secondary N) is 1. The highest BCUT2D eigenvalue weighted by molar-refractivity contribution is 5.84. The third-order valence-electron chi connectivity index (χ3n) is 3.73. The molecular formula is C17H21NO5. The van der Waals surface area contributed by atoms with E-state index in [1.807, 2.05) is 32.0 Å². The Labute approximate surface area is 134 Å². The fraction of sp³-hybridized carbons (Fsp3) is 0.412. The Hall–Kier alpha value is -2.50. The second kappa shape index (κ2) is 7.17. The van der Waals surface area contributed by atoms with Crippen LogP contribution >= 0.6 is 0 Å². The van der Waals surface area contributed by atoms with Crippen molar-refractivity contribution in [2.75, 3.05) is 14.2 Å². The van der Waals surface area contributed by atoms with Gasteiger partial charge in [0.25, 0.3) is 0 Å². The van der Waals surface area contributed by atoms with Gasteiger partial charge < -0.3 is 19.2 Å². The summed E-state index contributed by atoms with van der Waals surface area (Å²) in [4.78, 5) is 23.0. The van der Waals surface area contributed by atoms with E-state index in [9.17, 15) is 9.59 Å². The molecule has 1 N–H and O–H groups in total. The quantitative estimate of drug-likeness (QED) is 0.828.